The van der Waals surface area contributed by atoms with Gasteiger partial charge < -0.3 is 0 Å². The normalized spacial score (nSPS) is 11.2. The molecule has 0 spiro atoms. The summed E-state index contributed by atoms with van der Waals surface area (Å²) in [7, 11) is -3.65. The monoisotopic (exact) mass is 301 g/mol. The molecule has 0 fully saturated rings. The van der Waals surface area contributed by atoms with E-state index in [1.807, 2.05) is 0 Å². The Kier molecular flexibility index (Phi) is 3.80. The van der Waals surface area contributed by atoms with E-state index in [0.29, 0.717) is 15.7 Å². The third-order valence-electron chi connectivity index (χ3n) is 2.18. The van der Waals surface area contributed by atoms with E-state index in [-0.39, 0.29) is 4.90 Å². The molecule has 0 saturated heterocycles. The van der Waals surface area contributed by atoms with Crippen LogP contribution in [0.5, 0.6) is 0 Å². The molecule has 0 aromatic heterocycles. The van der Waals surface area contributed by atoms with E-state index < -0.39 is 10.0 Å². The second kappa shape index (κ2) is 5.18. The van der Waals surface area contributed by atoms with Crippen LogP contribution in [-0.2, 0) is 10.0 Å². The maximum Gasteiger partial charge on any atom is 0.261 e. The Hall–Kier alpha value is -1.23. The van der Waals surface area contributed by atoms with Crippen molar-refractivity contribution in [2.75, 3.05) is 4.72 Å². The van der Waals surface area contributed by atoms with Crippen molar-refractivity contribution in [2.45, 2.75) is 4.90 Å². The van der Waals surface area contributed by atoms with E-state index in [1.54, 1.807) is 30.3 Å². The fraction of sp³-hybridized carbons (Fsp3) is 0. The summed E-state index contributed by atoms with van der Waals surface area (Å²) in [6.07, 6.45) is 0. The van der Waals surface area contributed by atoms with Gasteiger partial charge in [0.2, 0.25) is 0 Å². The average Bonchev–Trinajstić information content (AvgIpc) is 2.28. The largest absolute Gasteiger partial charge is 0.280 e. The number of benzene rings is 2. The summed E-state index contributed by atoms with van der Waals surface area (Å²) in [6, 6.07) is 12.5. The second-order valence-corrected chi connectivity index (χ2v) is 6.13. The third-order valence-corrected chi connectivity index (χ3v) is 4.03. The third kappa shape index (κ3) is 3.16. The Labute approximate surface area is 115 Å². The van der Waals surface area contributed by atoms with Gasteiger partial charge in [0.15, 0.2) is 0 Å². The van der Waals surface area contributed by atoms with E-state index in [2.05, 4.69) is 4.72 Å². The first-order chi connectivity index (χ1) is 8.47. The van der Waals surface area contributed by atoms with Gasteiger partial charge in [-0.2, -0.15) is 0 Å². The van der Waals surface area contributed by atoms with Crippen LogP contribution in [-0.4, -0.2) is 8.42 Å². The zero-order chi connectivity index (χ0) is 13.2. The lowest BCUT2D eigenvalue weighted by Gasteiger charge is -2.08. The van der Waals surface area contributed by atoms with Crippen molar-refractivity contribution in [2.24, 2.45) is 0 Å². The zero-order valence-electron chi connectivity index (χ0n) is 9.10. The van der Waals surface area contributed by atoms with Crippen LogP contribution in [0, 0.1) is 0 Å². The Balaban J connectivity index is 2.33. The van der Waals surface area contributed by atoms with Gasteiger partial charge >= 0.3 is 0 Å². The second-order valence-electron chi connectivity index (χ2n) is 3.57. The quantitative estimate of drug-likeness (QED) is 0.937. The highest BCUT2D eigenvalue weighted by molar-refractivity contribution is 7.92. The molecule has 0 amide bonds. The average molecular weight is 302 g/mol. The highest BCUT2D eigenvalue weighted by Crippen LogP contribution is 2.21. The zero-order valence-corrected chi connectivity index (χ0v) is 11.4. The van der Waals surface area contributed by atoms with Crippen LogP contribution in [0.4, 0.5) is 5.69 Å². The van der Waals surface area contributed by atoms with Crippen molar-refractivity contribution in [3.63, 3.8) is 0 Å². The van der Waals surface area contributed by atoms with Gasteiger partial charge in [0.05, 0.1) is 10.6 Å². The number of hydrogen-bond acceptors (Lipinski definition) is 2. The van der Waals surface area contributed by atoms with E-state index in [4.69, 9.17) is 23.2 Å². The van der Waals surface area contributed by atoms with Gasteiger partial charge in [-0.15, -0.1) is 0 Å². The standard InChI is InChI=1S/C12H9Cl2NO2S/c13-9-3-1-5-11(7-9)15-18(16,17)12-6-2-4-10(14)8-12/h1-8,15H. The predicted molar refractivity (Wildman–Crippen MR) is 73.7 cm³/mol. The van der Waals surface area contributed by atoms with Gasteiger partial charge in [0, 0.05) is 10.0 Å². The first-order valence-corrected chi connectivity index (χ1v) is 7.25. The molecule has 2 aromatic rings. The van der Waals surface area contributed by atoms with Crippen molar-refractivity contribution >= 4 is 38.9 Å². The molecule has 2 aromatic carbocycles. The topological polar surface area (TPSA) is 46.2 Å². The van der Waals surface area contributed by atoms with Crippen LogP contribution in [0.15, 0.2) is 53.4 Å². The Morgan fingerprint density at radius 1 is 0.889 bits per heavy atom. The number of hydrogen-bond donors (Lipinski definition) is 1. The fourth-order valence-electron chi connectivity index (χ4n) is 1.40. The molecule has 0 atom stereocenters. The molecule has 18 heavy (non-hydrogen) atoms. The number of anilines is 1. The molecule has 0 heterocycles. The SMILES string of the molecule is O=S(=O)(Nc1cccc(Cl)c1)c1cccc(Cl)c1. The van der Waals surface area contributed by atoms with Crippen LogP contribution in [0.2, 0.25) is 10.0 Å². The summed E-state index contributed by atoms with van der Waals surface area (Å²) in [6.45, 7) is 0. The number of sulfonamides is 1. The van der Waals surface area contributed by atoms with Gasteiger partial charge in [-0.05, 0) is 36.4 Å². The smallest absolute Gasteiger partial charge is 0.261 e. The molecule has 0 aliphatic heterocycles. The Morgan fingerprint density at radius 3 is 2.11 bits per heavy atom. The van der Waals surface area contributed by atoms with Crippen molar-refractivity contribution in [1.29, 1.82) is 0 Å². The van der Waals surface area contributed by atoms with Gasteiger partial charge in [-0.3, -0.25) is 4.72 Å². The Bertz CT molecular complexity index is 671. The first kappa shape index (κ1) is 13.2. The van der Waals surface area contributed by atoms with Crippen LogP contribution in [0.1, 0.15) is 0 Å². The summed E-state index contributed by atoms with van der Waals surface area (Å²) in [5, 5.41) is 0.824. The molecule has 0 aliphatic rings. The predicted octanol–water partition coefficient (Wildman–Crippen LogP) is 3.79. The molecule has 6 heteroatoms. The molecular formula is C12H9Cl2NO2S. The molecule has 0 radical (unpaired) electrons. The van der Waals surface area contributed by atoms with Crippen LogP contribution in [0.3, 0.4) is 0 Å². The summed E-state index contributed by atoms with van der Waals surface area (Å²) in [5.74, 6) is 0. The minimum absolute atomic E-state index is 0.106. The van der Waals surface area contributed by atoms with Crippen LogP contribution in [0.25, 0.3) is 0 Å². The molecule has 0 bridgehead atoms. The van der Waals surface area contributed by atoms with Gasteiger partial charge in [0.1, 0.15) is 0 Å². The van der Waals surface area contributed by atoms with E-state index >= 15 is 0 Å². The number of rotatable bonds is 3. The molecular weight excluding hydrogens is 293 g/mol. The Morgan fingerprint density at radius 2 is 1.50 bits per heavy atom. The van der Waals surface area contributed by atoms with Crippen LogP contribution >= 0.6 is 23.2 Å². The summed E-state index contributed by atoms with van der Waals surface area (Å²) < 4.78 is 26.5. The minimum Gasteiger partial charge on any atom is -0.280 e. The molecule has 0 aliphatic carbocycles. The lowest BCUT2D eigenvalue weighted by molar-refractivity contribution is 0.601. The molecule has 0 saturated carbocycles. The van der Waals surface area contributed by atoms with E-state index in [0.717, 1.165) is 0 Å². The minimum atomic E-state index is -3.65. The fourth-order valence-corrected chi connectivity index (χ4v) is 2.94. The molecule has 2 rings (SSSR count). The number of nitrogens with one attached hydrogen (secondary N) is 1. The van der Waals surface area contributed by atoms with E-state index in [1.165, 1.54) is 18.2 Å². The van der Waals surface area contributed by atoms with E-state index in [9.17, 15) is 8.42 Å². The molecule has 94 valence electrons. The first-order valence-electron chi connectivity index (χ1n) is 5.01. The van der Waals surface area contributed by atoms with Crippen molar-refractivity contribution in [3.8, 4) is 0 Å². The lowest BCUT2D eigenvalue weighted by Crippen LogP contribution is -2.12. The lowest BCUT2D eigenvalue weighted by atomic mass is 10.3. The van der Waals surface area contributed by atoms with Crippen molar-refractivity contribution in [1.82, 2.24) is 0 Å². The van der Waals surface area contributed by atoms with Gasteiger partial charge in [0.25, 0.3) is 10.0 Å². The highest BCUT2D eigenvalue weighted by Gasteiger charge is 2.14. The summed E-state index contributed by atoms with van der Waals surface area (Å²) in [4.78, 5) is 0.106. The summed E-state index contributed by atoms with van der Waals surface area (Å²) in [5.41, 5.74) is 0.405. The number of halogens is 2. The van der Waals surface area contributed by atoms with Crippen molar-refractivity contribution in [3.05, 3.63) is 58.6 Å². The van der Waals surface area contributed by atoms with Gasteiger partial charge in [-0.1, -0.05) is 35.3 Å². The van der Waals surface area contributed by atoms with Crippen LogP contribution < -0.4 is 4.72 Å². The maximum atomic E-state index is 12.1. The van der Waals surface area contributed by atoms with Crippen molar-refractivity contribution < 1.29 is 8.42 Å². The molecule has 1 N–H and O–H groups in total. The summed E-state index contributed by atoms with van der Waals surface area (Å²) >= 11 is 11.6. The molecule has 0 unspecified atom stereocenters. The maximum absolute atomic E-state index is 12.1. The molecule has 3 nitrogen and oxygen atoms in total. The highest BCUT2D eigenvalue weighted by atomic mass is 35.5. The van der Waals surface area contributed by atoms with Gasteiger partial charge in [-0.25, -0.2) is 8.42 Å².